The molecule has 0 heterocycles. The molecule has 0 bridgehead atoms. The molecule has 0 aromatic rings. The maximum Gasteiger partial charge on any atom is 0.307 e. The van der Waals surface area contributed by atoms with E-state index < -0.39 is 5.97 Å². The Balaban J connectivity index is 2.06. The van der Waals surface area contributed by atoms with E-state index in [4.69, 9.17) is 10.8 Å². The summed E-state index contributed by atoms with van der Waals surface area (Å²) >= 11 is 0. The minimum absolute atomic E-state index is 0.268. The lowest BCUT2D eigenvalue weighted by atomic mass is 9.84. The number of carbonyl (C=O) groups is 1. The number of carboxylic acids is 1. The van der Waals surface area contributed by atoms with Gasteiger partial charge in [0, 0.05) is 6.54 Å². The standard InChI is InChI=1S/C16H31NO2/c1-13(10-11-15(12-17)16(18)19)6-5-9-14-7-3-2-4-8-14/h13-15H,2-12,17H2,1H3,(H,18,19)/t13?,15-/m1/s1. The van der Waals surface area contributed by atoms with Gasteiger partial charge in [0.25, 0.3) is 0 Å². The van der Waals surface area contributed by atoms with Crippen LogP contribution in [0.2, 0.25) is 0 Å². The summed E-state index contributed by atoms with van der Waals surface area (Å²) in [4.78, 5) is 10.9. The van der Waals surface area contributed by atoms with E-state index in [0.29, 0.717) is 5.92 Å². The van der Waals surface area contributed by atoms with E-state index in [2.05, 4.69) is 6.92 Å². The van der Waals surface area contributed by atoms with Gasteiger partial charge in [0.05, 0.1) is 5.92 Å². The van der Waals surface area contributed by atoms with E-state index in [9.17, 15) is 4.79 Å². The Morgan fingerprint density at radius 2 is 1.89 bits per heavy atom. The number of aliphatic carboxylic acids is 1. The Kier molecular flexibility index (Phi) is 8.11. The highest BCUT2D eigenvalue weighted by Gasteiger charge is 2.17. The molecule has 2 atom stereocenters. The summed E-state index contributed by atoms with van der Waals surface area (Å²) in [6, 6.07) is 0. The molecule has 1 unspecified atom stereocenters. The molecule has 1 aliphatic rings. The Labute approximate surface area is 118 Å². The summed E-state index contributed by atoms with van der Waals surface area (Å²) in [5, 5.41) is 8.95. The molecule has 19 heavy (non-hydrogen) atoms. The third kappa shape index (κ3) is 6.95. The average molecular weight is 269 g/mol. The van der Waals surface area contributed by atoms with Gasteiger partial charge in [-0.2, -0.15) is 0 Å². The number of rotatable bonds is 9. The largest absolute Gasteiger partial charge is 0.481 e. The van der Waals surface area contributed by atoms with Gasteiger partial charge in [-0.1, -0.05) is 58.3 Å². The first-order valence-corrected chi connectivity index (χ1v) is 8.06. The predicted octanol–water partition coefficient (Wildman–Crippen LogP) is 3.81. The fourth-order valence-corrected chi connectivity index (χ4v) is 3.20. The van der Waals surface area contributed by atoms with Crippen molar-refractivity contribution in [1.82, 2.24) is 0 Å². The zero-order valence-electron chi connectivity index (χ0n) is 12.4. The van der Waals surface area contributed by atoms with Gasteiger partial charge < -0.3 is 10.8 Å². The number of hydrogen-bond acceptors (Lipinski definition) is 2. The molecule has 1 aliphatic carbocycles. The molecule has 0 spiro atoms. The molecule has 0 amide bonds. The minimum atomic E-state index is -0.739. The van der Waals surface area contributed by atoms with Crippen LogP contribution in [0.15, 0.2) is 0 Å². The Hall–Kier alpha value is -0.570. The van der Waals surface area contributed by atoms with Crippen molar-refractivity contribution >= 4 is 5.97 Å². The lowest BCUT2D eigenvalue weighted by Gasteiger charge is -2.22. The van der Waals surface area contributed by atoms with Gasteiger partial charge >= 0.3 is 5.97 Å². The molecule has 0 aromatic carbocycles. The maximum absolute atomic E-state index is 10.9. The molecule has 3 heteroatoms. The van der Waals surface area contributed by atoms with Gasteiger partial charge in [-0.05, 0) is 24.7 Å². The van der Waals surface area contributed by atoms with Gasteiger partial charge in [-0.25, -0.2) is 0 Å². The molecule has 3 nitrogen and oxygen atoms in total. The van der Waals surface area contributed by atoms with Gasteiger partial charge in [0.15, 0.2) is 0 Å². The molecule has 1 rings (SSSR count). The highest BCUT2D eigenvalue weighted by atomic mass is 16.4. The van der Waals surface area contributed by atoms with Crippen LogP contribution < -0.4 is 5.73 Å². The molecule has 0 radical (unpaired) electrons. The van der Waals surface area contributed by atoms with Crippen LogP contribution in [-0.2, 0) is 4.79 Å². The van der Waals surface area contributed by atoms with Crippen molar-refractivity contribution in [2.24, 2.45) is 23.5 Å². The Morgan fingerprint density at radius 3 is 2.47 bits per heavy atom. The quantitative estimate of drug-likeness (QED) is 0.669. The SMILES string of the molecule is CC(CCCC1CCCCC1)CC[C@H](CN)C(=O)O. The first-order chi connectivity index (χ1) is 9.13. The number of nitrogens with two attached hydrogens (primary N) is 1. The Bertz CT molecular complexity index is 249. The van der Waals surface area contributed by atoms with Crippen molar-refractivity contribution in [2.45, 2.75) is 71.1 Å². The lowest BCUT2D eigenvalue weighted by Crippen LogP contribution is -2.23. The second-order valence-corrected chi connectivity index (χ2v) is 6.39. The van der Waals surface area contributed by atoms with Crippen LogP contribution in [0.3, 0.4) is 0 Å². The third-order valence-corrected chi connectivity index (χ3v) is 4.68. The summed E-state index contributed by atoms with van der Waals surface area (Å²) in [6.07, 6.45) is 12.8. The van der Waals surface area contributed by atoms with Crippen molar-refractivity contribution in [1.29, 1.82) is 0 Å². The third-order valence-electron chi connectivity index (χ3n) is 4.68. The summed E-state index contributed by atoms with van der Waals surface area (Å²) in [7, 11) is 0. The smallest absolute Gasteiger partial charge is 0.307 e. The van der Waals surface area contributed by atoms with Crippen molar-refractivity contribution < 1.29 is 9.90 Å². The maximum atomic E-state index is 10.9. The molecule has 1 fully saturated rings. The topological polar surface area (TPSA) is 63.3 Å². The van der Waals surface area contributed by atoms with Crippen LogP contribution >= 0.6 is 0 Å². The van der Waals surface area contributed by atoms with Crippen LogP contribution in [0.4, 0.5) is 0 Å². The molecule has 0 aromatic heterocycles. The van der Waals surface area contributed by atoms with Crippen molar-refractivity contribution in [3.63, 3.8) is 0 Å². The van der Waals surface area contributed by atoms with Gasteiger partial charge in [0.2, 0.25) is 0 Å². The summed E-state index contributed by atoms with van der Waals surface area (Å²) in [5.41, 5.74) is 5.48. The molecular weight excluding hydrogens is 238 g/mol. The highest BCUT2D eigenvalue weighted by Crippen LogP contribution is 2.29. The zero-order valence-corrected chi connectivity index (χ0v) is 12.4. The summed E-state index contributed by atoms with van der Waals surface area (Å²) in [6.45, 7) is 2.51. The predicted molar refractivity (Wildman–Crippen MR) is 79.0 cm³/mol. The van der Waals surface area contributed by atoms with Gasteiger partial charge in [0.1, 0.15) is 0 Å². The summed E-state index contributed by atoms with van der Waals surface area (Å²) in [5.74, 6) is 0.520. The van der Waals surface area contributed by atoms with E-state index >= 15 is 0 Å². The molecule has 1 saturated carbocycles. The van der Waals surface area contributed by atoms with E-state index in [1.165, 1.54) is 51.4 Å². The molecule has 0 saturated heterocycles. The van der Waals surface area contributed by atoms with Crippen molar-refractivity contribution in [2.75, 3.05) is 6.54 Å². The monoisotopic (exact) mass is 269 g/mol. The second-order valence-electron chi connectivity index (χ2n) is 6.39. The lowest BCUT2D eigenvalue weighted by molar-refractivity contribution is -0.141. The zero-order chi connectivity index (χ0) is 14.1. The first-order valence-electron chi connectivity index (χ1n) is 8.06. The van der Waals surface area contributed by atoms with Gasteiger partial charge in [-0.15, -0.1) is 0 Å². The fraction of sp³-hybridized carbons (Fsp3) is 0.938. The van der Waals surface area contributed by atoms with Crippen LogP contribution in [-0.4, -0.2) is 17.6 Å². The van der Waals surface area contributed by atoms with Crippen LogP contribution in [0.1, 0.15) is 71.1 Å². The van der Waals surface area contributed by atoms with E-state index in [-0.39, 0.29) is 12.5 Å². The van der Waals surface area contributed by atoms with E-state index in [0.717, 1.165) is 18.8 Å². The van der Waals surface area contributed by atoms with E-state index in [1.54, 1.807) is 0 Å². The van der Waals surface area contributed by atoms with E-state index in [1.807, 2.05) is 0 Å². The van der Waals surface area contributed by atoms with Crippen LogP contribution in [0.25, 0.3) is 0 Å². The summed E-state index contributed by atoms with van der Waals surface area (Å²) < 4.78 is 0. The average Bonchev–Trinajstić information content (AvgIpc) is 2.40. The number of carboxylic acid groups (broad SMARTS) is 1. The second kappa shape index (κ2) is 9.35. The molecule has 112 valence electrons. The number of hydrogen-bond donors (Lipinski definition) is 2. The van der Waals surface area contributed by atoms with Gasteiger partial charge in [-0.3, -0.25) is 4.79 Å². The van der Waals surface area contributed by atoms with Crippen molar-refractivity contribution in [3.8, 4) is 0 Å². The fourth-order valence-electron chi connectivity index (χ4n) is 3.20. The molecule has 3 N–H and O–H groups in total. The highest BCUT2D eigenvalue weighted by molar-refractivity contribution is 5.70. The first kappa shape index (κ1) is 16.5. The normalized spacial score (nSPS) is 20.1. The minimum Gasteiger partial charge on any atom is -0.481 e. The molecular formula is C16H31NO2. The van der Waals surface area contributed by atoms with Crippen LogP contribution in [0, 0.1) is 17.8 Å². The van der Waals surface area contributed by atoms with Crippen LogP contribution in [0.5, 0.6) is 0 Å². The Morgan fingerprint density at radius 1 is 1.21 bits per heavy atom. The van der Waals surface area contributed by atoms with Crippen molar-refractivity contribution in [3.05, 3.63) is 0 Å². The molecule has 0 aliphatic heterocycles.